The van der Waals surface area contributed by atoms with Gasteiger partial charge in [0.15, 0.2) is 0 Å². The van der Waals surface area contributed by atoms with E-state index in [9.17, 15) is 4.79 Å². The Balaban J connectivity index is 1.64. The van der Waals surface area contributed by atoms with E-state index in [1.165, 1.54) is 28.8 Å². The van der Waals surface area contributed by atoms with Crippen molar-refractivity contribution in [2.75, 3.05) is 19.6 Å². The first-order chi connectivity index (χ1) is 9.84. The number of piperidine rings is 1. The van der Waals surface area contributed by atoms with E-state index < -0.39 is 0 Å². The summed E-state index contributed by atoms with van der Waals surface area (Å²) in [5.41, 5.74) is 0.722. The molecule has 8 heteroatoms. The number of carbonyl (C=O) groups is 1. The quantitative estimate of drug-likeness (QED) is 0.855. The third kappa shape index (κ3) is 2.86. The molecule has 0 saturated carbocycles. The largest absolute Gasteiger partial charge is 0.351 e. The number of aromatic nitrogens is 4. The lowest BCUT2D eigenvalue weighted by molar-refractivity contribution is 0.0949. The third-order valence-corrected chi connectivity index (χ3v) is 4.30. The van der Waals surface area contributed by atoms with Gasteiger partial charge in [-0.3, -0.25) is 4.79 Å². The van der Waals surface area contributed by atoms with Crippen LogP contribution in [0.1, 0.15) is 22.5 Å². The maximum absolute atomic E-state index is 12.3. The average molecular weight is 292 g/mol. The summed E-state index contributed by atoms with van der Waals surface area (Å²) in [7, 11) is 0. The Morgan fingerprint density at radius 2 is 2.55 bits per heavy atom. The minimum atomic E-state index is -0.0592. The van der Waals surface area contributed by atoms with Crippen LogP contribution in [0, 0.1) is 5.92 Å². The van der Waals surface area contributed by atoms with Crippen molar-refractivity contribution in [3.05, 3.63) is 22.7 Å². The second kappa shape index (κ2) is 6.10. The molecule has 3 rings (SSSR count). The Kier molecular flexibility index (Phi) is 4.03. The van der Waals surface area contributed by atoms with Crippen LogP contribution >= 0.6 is 11.3 Å². The van der Waals surface area contributed by atoms with Gasteiger partial charge in [0.25, 0.3) is 5.91 Å². The predicted molar refractivity (Wildman–Crippen MR) is 75.0 cm³/mol. The summed E-state index contributed by atoms with van der Waals surface area (Å²) in [5, 5.41) is 19.2. The van der Waals surface area contributed by atoms with Crippen molar-refractivity contribution in [1.82, 2.24) is 30.8 Å². The molecule has 20 heavy (non-hydrogen) atoms. The van der Waals surface area contributed by atoms with Crippen molar-refractivity contribution in [2.24, 2.45) is 5.92 Å². The Bertz CT molecular complexity index is 560. The summed E-state index contributed by atoms with van der Waals surface area (Å²) in [6.07, 6.45) is 3.83. The lowest BCUT2D eigenvalue weighted by Gasteiger charge is -2.22. The van der Waals surface area contributed by atoms with Gasteiger partial charge < -0.3 is 10.6 Å². The van der Waals surface area contributed by atoms with Gasteiger partial charge in [0.2, 0.25) is 0 Å². The Morgan fingerprint density at radius 1 is 1.60 bits per heavy atom. The van der Waals surface area contributed by atoms with E-state index in [0.717, 1.165) is 25.2 Å². The zero-order valence-corrected chi connectivity index (χ0v) is 11.8. The summed E-state index contributed by atoms with van der Waals surface area (Å²) >= 11 is 1.40. The fourth-order valence-corrected chi connectivity index (χ4v) is 3.13. The lowest BCUT2D eigenvalue weighted by atomic mass is 10.00. The van der Waals surface area contributed by atoms with Crippen LogP contribution in [0.2, 0.25) is 0 Å². The maximum atomic E-state index is 12.3. The van der Waals surface area contributed by atoms with Crippen LogP contribution in [-0.2, 0) is 0 Å². The number of nitrogens with one attached hydrogen (secondary N) is 2. The van der Waals surface area contributed by atoms with Crippen LogP contribution in [-0.4, -0.2) is 45.7 Å². The van der Waals surface area contributed by atoms with Gasteiger partial charge in [0, 0.05) is 6.54 Å². The fraction of sp³-hybridized carbons (Fsp3) is 0.500. The first kappa shape index (κ1) is 13.2. The molecule has 7 nitrogen and oxygen atoms in total. The molecule has 1 aliphatic rings. The molecule has 1 fully saturated rings. The van der Waals surface area contributed by atoms with Crippen molar-refractivity contribution in [2.45, 2.75) is 12.8 Å². The number of thiophene rings is 1. The number of nitrogens with zero attached hydrogens (tertiary/aromatic N) is 4. The van der Waals surface area contributed by atoms with Gasteiger partial charge in [-0.2, -0.15) is 4.68 Å². The van der Waals surface area contributed by atoms with Gasteiger partial charge in [-0.05, 0) is 53.7 Å². The summed E-state index contributed by atoms with van der Waals surface area (Å²) in [5.74, 6) is 0.459. The van der Waals surface area contributed by atoms with E-state index >= 15 is 0 Å². The molecule has 1 saturated heterocycles. The Morgan fingerprint density at radius 3 is 3.30 bits per heavy atom. The first-order valence-corrected chi connectivity index (χ1v) is 7.52. The molecule has 3 heterocycles. The van der Waals surface area contributed by atoms with E-state index in [1.807, 2.05) is 11.4 Å². The van der Waals surface area contributed by atoms with E-state index in [-0.39, 0.29) is 5.91 Å². The lowest BCUT2D eigenvalue weighted by Crippen LogP contribution is -2.38. The summed E-state index contributed by atoms with van der Waals surface area (Å²) < 4.78 is 1.51. The van der Waals surface area contributed by atoms with Crippen LogP contribution in [0.25, 0.3) is 5.69 Å². The third-order valence-electron chi connectivity index (χ3n) is 3.40. The summed E-state index contributed by atoms with van der Waals surface area (Å²) in [4.78, 5) is 12.9. The zero-order chi connectivity index (χ0) is 13.8. The molecular formula is C12H16N6OS. The molecule has 0 aliphatic carbocycles. The van der Waals surface area contributed by atoms with Gasteiger partial charge >= 0.3 is 0 Å². The molecule has 1 unspecified atom stereocenters. The average Bonchev–Trinajstić information content (AvgIpc) is 3.15. The van der Waals surface area contributed by atoms with E-state index in [2.05, 4.69) is 26.2 Å². The molecule has 106 valence electrons. The number of hydrogen-bond donors (Lipinski definition) is 2. The summed E-state index contributed by atoms with van der Waals surface area (Å²) in [6.45, 7) is 2.77. The standard InChI is InChI=1S/C12H16N6OS/c19-12(14-7-9-2-1-4-13-6-9)11-10(3-5-20-11)18-8-15-16-17-18/h3,5,8-9,13H,1-2,4,6-7H2,(H,14,19). The molecule has 0 aromatic carbocycles. The van der Waals surface area contributed by atoms with Gasteiger partial charge in [-0.1, -0.05) is 0 Å². The van der Waals surface area contributed by atoms with Crippen LogP contribution < -0.4 is 10.6 Å². The molecule has 2 aromatic rings. The Labute approximate surface area is 120 Å². The predicted octanol–water partition coefficient (Wildman–Crippen LogP) is 0.453. The highest BCUT2D eigenvalue weighted by atomic mass is 32.1. The topological polar surface area (TPSA) is 84.7 Å². The highest BCUT2D eigenvalue weighted by Gasteiger charge is 2.18. The second-order valence-electron chi connectivity index (χ2n) is 4.81. The minimum absolute atomic E-state index is 0.0592. The smallest absolute Gasteiger partial charge is 0.263 e. The molecular weight excluding hydrogens is 276 g/mol. The van der Waals surface area contributed by atoms with E-state index in [0.29, 0.717) is 17.3 Å². The number of tetrazole rings is 1. The van der Waals surface area contributed by atoms with Crippen LogP contribution in [0.4, 0.5) is 0 Å². The number of carbonyl (C=O) groups excluding carboxylic acids is 1. The minimum Gasteiger partial charge on any atom is -0.351 e. The first-order valence-electron chi connectivity index (χ1n) is 6.64. The Hall–Kier alpha value is -1.80. The number of amides is 1. The SMILES string of the molecule is O=C(NCC1CCCNC1)c1sccc1-n1cnnn1. The number of hydrogen-bond acceptors (Lipinski definition) is 6. The number of rotatable bonds is 4. The molecule has 1 atom stereocenters. The molecule has 0 spiro atoms. The molecule has 2 aromatic heterocycles. The molecule has 1 aliphatic heterocycles. The van der Waals surface area contributed by atoms with Crippen LogP contribution in [0.15, 0.2) is 17.8 Å². The van der Waals surface area contributed by atoms with E-state index in [4.69, 9.17) is 0 Å². The molecule has 2 N–H and O–H groups in total. The second-order valence-corrected chi connectivity index (χ2v) is 5.73. The molecule has 1 amide bonds. The van der Waals surface area contributed by atoms with Crippen molar-refractivity contribution < 1.29 is 4.79 Å². The highest BCUT2D eigenvalue weighted by molar-refractivity contribution is 7.12. The van der Waals surface area contributed by atoms with Crippen molar-refractivity contribution >= 4 is 17.2 Å². The van der Waals surface area contributed by atoms with Gasteiger partial charge in [0.05, 0.1) is 5.69 Å². The van der Waals surface area contributed by atoms with Gasteiger partial charge in [-0.25, -0.2) is 0 Å². The molecule has 0 radical (unpaired) electrons. The normalized spacial score (nSPS) is 18.9. The van der Waals surface area contributed by atoms with Crippen LogP contribution in [0.3, 0.4) is 0 Å². The van der Waals surface area contributed by atoms with Crippen molar-refractivity contribution in [3.8, 4) is 5.69 Å². The van der Waals surface area contributed by atoms with Crippen molar-refractivity contribution in [3.63, 3.8) is 0 Å². The van der Waals surface area contributed by atoms with Gasteiger partial charge in [0.1, 0.15) is 11.2 Å². The summed E-state index contributed by atoms with van der Waals surface area (Å²) in [6, 6.07) is 1.85. The molecule has 0 bridgehead atoms. The van der Waals surface area contributed by atoms with Gasteiger partial charge in [-0.15, -0.1) is 16.4 Å². The van der Waals surface area contributed by atoms with E-state index in [1.54, 1.807) is 0 Å². The maximum Gasteiger partial charge on any atom is 0.263 e. The monoisotopic (exact) mass is 292 g/mol. The highest BCUT2D eigenvalue weighted by Crippen LogP contribution is 2.20. The van der Waals surface area contributed by atoms with Crippen LogP contribution in [0.5, 0.6) is 0 Å². The zero-order valence-electron chi connectivity index (χ0n) is 11.0. The fourth-order valence-electron chi connectivity index (χ4n) is 2.34. The van der Waals surface area contributed by atoms with Crippen molar-refractivity contribution in [1.29, 1.82) is 0 Å².